The lowest BCUT2D eigenvalue weighted by molar-refractivity contribution is -0.131. The van der Waals surface area contributed by atoms with Gasteiger partial charge < -0.3 is 5.11 Å². The molecule has 11 heavy (non-hydrogen) atoms. The molecule has 0 spiro atoms. The minimum Gasteiger partial charge on any atom is -0.478 e. The fourth-order valence-corrected chi connectivity index (χ4v) is 0.642. The highest BCUT2D eigenvalue weighted by molar-refractivity contribution is 5.85. The van der Waals surface area contributed by atoms with Crippen molar-refractivity contribution in [3.8, 4) is 0 Å². The van der Waals surface area contributed by atoms with E-state index >= 15 is 0 Å². The molecular formula is C8H9NO2. The number of carboxylic acids is 1. The Kier molecular flexibility index (Phi) is 2.38. The van der Waals surface area contributed by atoms with E-state index in [1.165, 1.54) is 6.08 Å². The molecule has 1 heterocycles. The van der Waals surface area contributed by atoms with E-state index in [0.717, 1.165) is 11.6 Å². The van der Waals surface area contributed by atoms with Crippen LogP contribution in [0.1, 0.15) is 6.99 Å². The third-order valence-corrected chi connectivity index (χ3v) is 1.10. The van der Waals surface area contributed by atoms with Gasteiger partial charge in [-0.3, -0.25) is 4.98 Å². The molecule has 1 N–H and O–H groups in total. The molecule has 0 aliphatic rings. The average molecular weight is 152 g/mol. The van der Waals surface area contributed by atoms with Crippen LogP contribution in [0.3, 0.4) is 0 Å². The van der Waals surface area contributed by atoms with E-state index in [0.29, 0.717) is 0 Å². The predicted octanol–water partition coefficient (Wildman–Crippen LogP) is 1.43. The van der Waals surface area contributed by atoms with Gasteiger partial charge in [-0.15, -0.1) is 0 Å². The zero-order chi connectivity index (χ0) is 8.10. The first-order valence-corrected chi connectivity index (χ1v) is 3.10. The molecule has 3 heteroatoms. The van der Waals surface area contributed by atoms with E-state index in [1.807, 2.05) is 0 Å². The molecule has 0 bridgehead atoms. The van der Waals surface area contributed by atoms with Crippen molar-refractivity contribution >= 4 is 12.0 Å². The molecule has 0 saturated carbocycles. The van der Waals surface area contributed by atoms with E-state index in [4.69, 9.17) is 5.11 Å². The zero-order valence-electron chi connectivity index (χ0n) is 5.77. The fourth-order valence-electron chi connectivity index (χ4n) is 0.642. The topological polar surface area (TPSA) is 50.2 Å². The van der Waals surface area contributed by atoms with E-state index < -0.39 is 5.97 Å². The van der Waals surface area contributed by atoms with Crippen LogP contribution in [0.4, 0.5) is 0 Å². The van der Waals surface area contributed by atoms with Crippen LogP contribution in [-0.2, 0) is 4.79 Å². The van der Waals surface area contributed by atoms with Gasteiger partial charge in [0.25, 0.3) is 0 Å². The van der Waals surface area contributed by atoms with Crippen molar-refractivity contribution in [2.45, 2.75) is 0 Å². The summed E-state index contributed by atoms with van der Waals surface area (Å²) in [5, 5.41) is 8.27. The first-order valence-electron chi connectivity index (χ1n) is 3.10. The summed E-state index contributed by atoms with van der Waals surface area (Å²) in [4.78, 5) is 13.9. The van der Waals surface area contributed by atoms with Crippen LogP contribution in [0, 0.1) is 0 Å². The van der Waals surface area contributed by atoms with E-state index in [9.17, 15) is 4.79 Å². The quantitative estimate of drug-likeness (QED) is 0.652. The second-order valence-electron chi connectivity index (χ2n) is 1.96. The fraction of sp³-hybridized carbons (Fsp3) is 0. The molecule has 0 aromatic carbocycles. The summed E-state index contributed by atoms with van der Waals surface area (Å²) in [6.45, 7) is 0. The Labute approximate surface area is 65.5 Å². The van der Waals surface area contributed by atoms with Crippen LogP contribution >= 0.6 is 0 Å². The molecule has 0 fully saturated rings. The maximum absolute atomic E-state index is 10.1. The molecule has 0 aliphatic carbocycles. The number of nitrogens with zero attached hydrogens (tertiary/aromatic N) is 1. The van der Waals surface area contributed by atoms with Crippen molar-refractivity contribution in [3.05, 3.63) is 36.2 Å². The maximum atomic E-state index is 10.1. The Morgan fingerprint density at radius 2 is 2.55 bits per heavy atom. The summed E-state index contributed by atoms with van der Waals surface area (Å²) < 4.78 is 0. The van der Waals surface area contributed by atoms with Crippen LogP contribution < -0.4 is 0 Å². The molecule has 1 aromatic rings. The molecule has 1 aromatic heterocycles. The van der Waals surface area contributed by atoms with Crippen molar-refractivity contribution in [1.29, 1.82) is 0 Å². The summed E-state index contributed by atoms with van der Waals surface area (Å²) >= 11 is 0. The number of aliphatic carboxylic acids is 1. The van der Waals surface area contributed by atoms with Gasteiger partial charge in [-0.05, 0) is 17.7 Å². The van der Waals surface area contributed by atoms with Crippen molar-refractivity contribution in [1.82, 2.24) is 4.98 Å². The Morgan fingerprint density at radius 1 is 1.73 bits per heavy atom. The standard InChI is InChI=1S/C8H7NO2.H2/c10-8(11)4-3-7-2-1-5-9-6-7;/h1-6H,(H,10,11);1H/b4-3+;/i;1+1. The van der Waals surface area contributed by atoms with Gasteiger partial charge in [0.05, 0.1) is 0 Å². The van der Waals surface area contributed by atoms with Crippen LogP contribution in [-0.4, -0.2) is 16.1 Å². The van der Waals surface area contributed by atoms with Gasteiger partial charge in [-0.1, -0.05) is 6.07 Å². The van der Waals surface area contributed by atoms with Gasteiger partial charge in [0.2, 0.25) is 0 Å². The molecule has 0 unspecified atom stereocenters. The number of carbonyl (C=O) groups is 1. The van der Waals surface area contributed by atoms with Crippen LogP contribution in [0.15, 0.2) is 30.6 Å². The Morgan fingerprint density at radius 3 is 3.09 bits per heavy atom. The smallest absolute Gasteiger partial charge is 0.328 e. The third-order valence-electron chi connectivity index (χ3n) is 1.10. The second kappa shape index (κ2) is 3.51. The molecule has 1 rings (SSSR count). The molecule has 0 saturated heterocycles. The van der Waals surface area contributed by atoms with Crippen molar-refractivity contribution in [2.24, 2.45) is 0 Å². The summed E-state index contributed by atoms with van der Waals surface area (Å²) in [5.74, 6) is -0.950. The van der Waals surface area contributed by atoms with Gasteiger partial charge in [0.15, 0.2) is 0 Å². The lowest BCUT2D eigenvalue weighted by Gasteiger charge is -1.87. The van der Waals surface area contributed by atoms with Gasteiger partial charge in [-0.25, -0.2) is 4.79 Å². The maximum Gasteiger partial charge on any atom is 0.328 e. The van der Waals surface area contributed by atoms with Crippen LogP contribution in [0.5, 0.6) is 0 Å². The van der Waals surface area contributed by atoms with E-state index in [2.05, 4.69) is 4.98 Å². The normalized spacial score (nSPS) is 10.2. The van der Waals surface area contributed by atoms with Gasteiger partial charge >= 0.3 is 5.97 Å². The molecule has 0 amide bonds. The van der Waals surface area contributed by atoms with Crippen molar-refractivity contribution in [3.63, 3.8) is 0 Å². The molecule has 0 atom stereocenters. The zero-order valence-corrected chi connectivity index (χ0v) is 5.77. The number of aromatic nitrogens is 1. The summed E-state index contributed by atoms with van der Waals surface area (Å²) in [6, 6.07) is 3.54. The van der Waals surface area contributed by atoms with Crippen molar-refractivity contribution < 1.29 is 11.3 Å². The Hall–Kier alpha value is -1.64. The monoisotopic (exact) mass is 152 g/mol. The lowest BCUT2D eigenvalue weighted by Crippen LogP contribution is -1.85. The molecule has 3 nitrogen and oxygen atoms in total. The molecule has 0 aliphatic heterocycles. The molecular weight excluding hydrogens is 142 g/mol. The summed E-state index contributed by atoms with van der Waals surface area (Å²) in [5.41, 5.74) is 0.787. The highest BCUT2D eigenvalue weighted by Gasteiger charge is 1.86. The highest BCUT2D eigenvalue weighted by Crippen LogP contribution is 1.97. The van der Waals surface area contributed by atoms with Crippen molar-refractivity contribution in [2.75, 3.05) is 0 Å². The lowest BCUT2D eigenvalue weighted by atomic mass is 10.3. The first kappa shape index (κ1) is 7.47. The molecule has 0 radical (unpaired) electrons. The Balaban J connectivity index is 0.00000121. The van der Waals surface area contributed by atoms with Gasteiger partial charge in [0.1, 0.15) is 0 Å². The number of carboxylic acid groups (broad SMARTS) is 1. The number of hydrogen-bond donors (Lipinski definition) is 1. The highest BCUT2D eigenvalue weighted by atomic mass is 16.4. The minimum atomic E-state index is -0.950. The number of rotatable bonds is 2. The average Bonchev–Trinajstić information content (AvgIpc) is 2.03. The van der Waals surface area contributed by atoms with Crippen LogP contribution in [0.25, 0.3) is 6.08 Å². The third kappa shape index (κ3) is 2.62. The predicted molar refractivity (Wildman–Crippen MR) is 43.0 cm³/mol. The second-order valence-corrected chi connectivity index (χ2v) is 1.96. The van der Waals surface area contributed by atoms with Gasteiger partial charge in [-0.2, -0.15) is 0 Å². The Bertz CT molecular complexity index is 272. The summed E-state index contributed by atoms with van der Waals surface area (Å²) in [7, 11) is 0. The van der Waals surface area contributed by atoms with Crippen LogP contribution in [0.2, 0.25) is 0 Å². The van der Waals surface area contributed by atoms with E-state index in [-0.39, 0.29) is 1.43 Å². The largest absolute Gasteiger partial charge is 0.478 e. The minimum absolute atomic E-state index is 0. The van der Waals surface area contributed by atoms with Gasteiger partial charge in [0, 0.05) is 19.9 Å². The molecule has 58 valence electrons. The number of pyridine rings is 1. The number of hydrogen-bond acceptors (Lipinski definition) is 2. The first-order chi connectivity index (χ1) is 5.29. The van der Waals surface area contributed by atoms with E-state index in [1.54, 1.807) is 24.5 Å². The summed E-state index contributed by atoms with van der Waals surface area (Å²) in [6.07, 6.45) is 5.81. The SMILES string of the molecule is O=C(O)/C=C/c1cccnc1.[2HH].